The van der Waals surface area contributed by atoms with Gasteiger partial charge in [0.1, 0.15) is 5.82 Å². The first-order valence-corrected chi connectivity index (χ1v) is 12.7. The average molecular weight is 520 g/mol. The molecule has 2 aromatic carbocycles. The molecule has 1 aliphatic heterocycles. The molecule has 1 aromatic heterocycles. The van der Waals surface area contributed by atoms with Gasteiger partial charge in [0.2, 0.25) is 0 Å². The number of thiophene rings is 1. The van der Waals surface area contributed by atoms with E-state index in [1.807, 2.05) is 50.2 Å². The molecular weight excluding hydrogens is 495 g/mol. The Hall–Kier alpha value is -3.83. The predicted octanol–water partition coefficient (Wildman–Crippen LogP) is 7.08. The summed E-state index contributed by atoms with van der Waals surface area (Å²) in [6.07, 6.45) is -3.90. The summed E-state index contributed by atoms with van der Waals surface area (Å²) in [6.45, 7) is 3.90. The van der Waals surface area contributed by atoms with Crippen molar-refractivity contribution in [1.29, 1.82) is 5.26 Å². The van der Waals surface area contributed by atoms with Crippen LogP contribution in [0.1, 0.15) is 51.1 Å². The summed E-state index contributed by atoms with van der Waals surface area (Å²) in [5.41, 5.74) is 8.92. The topological polar surface area (TPSA) is 70.1 Å². The van der Waals surface area contributed by atoms with Gasteiger partial charge >= 0.3 is 6.18 Å². The zero-order valence-electron chi connectivity index (χ0n) is 20.3. The van der Waals surface area contributed by atoms with Crippen molar-refractivity contribution < 1.29 is 18.0 Å². The van der Waals surface area contributed by atoms with Crippen LogP contribution in [-0.2, 0) is 11.0 Å². The number of nitrogens with zero attached hydrogens (tertiary/aromatic N) is 2. The van der Waals surface area contributed by atoms with Crippen LogP contribution in [0.15, 0.2) is 83.3 Å². The number of ketones is 1. The maximum absolute atomic E-state index is 13.9. The monoisotopic (exact) mass is 519 g/mol. The third-order valence-corrected chi connectivity index (χ3v) is 8.04. The Bertz CT molecular complexity index is 1490. The molecule has 0 saturated heterocycles. The highest BCUT2D eigenvalue weighted by atomic mass is 32.1. The van der Waals surface area contributed by atoms with Crippen molar-refractivity contribution in [2.24, 2.45) is 5.73 Å². The summed E-state index contributed by atoms with van der Waals surface area (Å²) >= 11 is 1.57. The van der Waals surface area contributed by atoms with Crippen LogP contribution in [0.25, 0.3) is 0 Å². The van der Waals surface area contributed by atoms with Gasteiger partial charge in [-0.05, 0) is 61.6 Å². The molecule has 0 unspecified atom stereocenters. The van der Waals surface area contributed by atoms with Gasteiger partial charge < -0.3 is 5.73 Å². The van der Waals surface area contributed by atoms with Gasteiger partial charge in [0.05, 0.1) is 23.1 Å². The van der Waals surface area contributed by atoms with Gasteiger partial charge in [-0.2, -0.15) is 18.4 Å². The van der Waals surface area contributed by atoms with Gasteiger partial charge in [0.15, 0.2) is 5.78 Å². The lowest BCUT2D eigenvalue weighted by atomic mass is 9.72. The zero-order valence-corrected chi connectivity index (χ0v) is 21.1. The number of nitriles is 1. The molecule has 0 spiro atoms. The molecule has 188 valence electrons. The lowest BCUT2D eigenvalue weighted by molar-refractivity contribution is -0.137. The maximum atomic E-state index is 13.9. The third kappa shape index (κ3) is 4.34. The molecule has 5 rings (SSSR count). The second kappa shape index (κ2) is 9.24. The van der Waals surface area contributed by atoms with E-state index in [0.29, 0.717) is 17.7 Å². The third-order valence-electron chi connectivity index (χ3n) is 7.06. The number of carbonyl (C=O) groups excluding carboxylic acids is 1. The van der Waals surface area contributed by atoms with Crippen LogP contribution in [-0.4, -0.2) is 5.78 Å². The molecule has 4 nitrogen and oxygen atoms in total. The number of benzene rings is 2. The van der Waals surface area contributed by atoms with Crippen LogP contribution in [0.5, 0.6) is 0 Å². The highest BCUT2D eigenvalue weighted by Crippen LogP contribution is 2.50. The SMILES string of the molecule is Cc1cc([C@@H]2C(C#N)=C(N)N(c3cccc(C(F)(F)F)c3)C3=C2C(=O)C[C@@H](c2ccccc2)C3)c(C)s1. The van der Waals surface area contributed by atoms with Crippen LogP contribution in [0.4, 0.5) is 18.9 Å². The average Bonchev–Trinajstić information content (AvgIpc) is 3.20. The minimum Gasteiger partial charge on any atom is -0.384 e. The Morgan fingerprint density at radius 1 is 1.05 bits per heavy atom. The summed E-state index contributed by atoms with van der Waals surface area (Å²) in [5, 5.41) is 10.2. The van der Waals surface area contributed by atoms with Crippen molar-refractivity contribution in [2.75, 3.05) is 4.90 Å². The maximum Gasteiger partial charge on any atom is 0.416 e. The van der Waals surface area contributed by atoms with Gasteiger partial charge in [0, 0.05) is 33.1 Å². The fraction of sp³-hybridized carbons (Fsp3) is 0.241. The molecule has 0 fully saturated rings. The molecule has 0 bridgehead atoms. The molecule has 8 heteroatoms. The lowest BCUT2D eigenvalue weighted by Crippen LogP contribution is -2.40. The first kappa shape index (κ1) is 24.8. The van der Waals surface area contributed by atoms with Crippen molar-refractivity contribution in [2.45, 2.75) is 44.7 Å². The molecule has 2 N–H and O–H groups in total. The summed E-state index contributed by atoms with van der Waals surface area (Å²) in [4.78, 5) is 17.3. The van der Waals surface area contributed by atoms with Gasteiger partial charge in [-0.3, -0.25) is 9.69 Å². The number of allylic oxidation sites excluding steroid dienone is 3. The van der Waals surface area contributed by atoms with Crippen LogP contribution >= 0.6 is 11.3 Å². The second-order valence-corrected chi connectivity index (χ2v) is 10.9. The second-order valence-electron chi connectivity index (χ2n) is 9.40. The Labute approximate surface area is 217 Å². The van der Waals surface area contributed by atoms with E-state index >= 15 is 0 Å². The van der Waals surface area contributed by atoms with Crippen LogP contribution in [0.3, 0.4) is 0 Å². The van der Waals surface area contributed by atoms with E-state index < -0.39 is 17.7 Å². The summed E-state index contributed by atoms with van der Waals surface area (Å²) in [7, 11) is 0. The van der Waals surface area contributed by atoms with Gasteiger partial charge in [-0.25, -0.2) is 0 Å². The van der Waals surface area contributed by atoms with E-state index in [1.165, 1.54) is 17.0 Å². The van der Waals surface area contributed by atoms with Gasteiger partial charge in [-0.15, -0.1) is 11.3 Å². The number of alkyl halides is 3. The summed E-state index contributed by atoms with van der Waals surface area (Å²) in [5.74, 6) is -0.893. The van der Waals surface area contributed by atoms with Crippen molar-refractivity contribution in [3.8, 4) is 6.07 Å². The molecule has 37 heavy (non-hydrogen) atoms. The number of hydrogen-bond acceptors (Lipinski definition) is 5. The molecule has 2 aliphatic rings. The first-order valence-electron chi connectivity index (χ1n) is 11.9. The van der Waals surface area contributed by atoms with Crippen molar-refractivity contribution >= 4 is 22.8 Å². The normalized spacial score (nSPS) is 20.2. The Kier molecular flexibility index (Phi) is 6.20. The highest BCUT2D eigenvalue weighted by molar-refractivity contribution is 7.12. The van der Waals surface area contributed by atoms with Crippen molar-refractivity contribution in [3.63, 3.8) is 0 Å². The van der Waals surface area contributed by atoms with Crippen LogP contribution < -0.4 is 10.6 Å². The minimum atomic E-state index is -4.55. The van der Waals surface area contributed by atoms with Gasteiger partial charge in [0.25, 0.3) is 0 Å². The first-order chi connectivity index (χ1) is 17.6. The summed E-state index contributed by atoms with van der Waals surface area (Å²) in [6, 6.07) is 18.6. The molecule has 3 aromatic rings. The molecule has 0 radical (unpaired) electrons. The molecular formula is C29H24F3N3OS. The lowest BCUT2D eigenvalue weighted by Gasteiger charge is -2.41. The molecule has 0 amide bonds. The van der Waals surface area contributed by atoms with E-state index in [-0.39, 0.29) is 35.2 Å². The van der Waals surface area contributed by atoms with Crippen molar-refractivity contribution in [1.82, 2.24) is 0 Å². The van der Waals surface area contributed by atoms with Crippen LogP contribution in [0, 0.1) is 25.2 Å². The predicted molar refractivity (Wildman–Crippen MR) is 138 cm³/mol. The quantitative estimate of drug-likeness (QED) is 0.401. The van der Waals surface area contributed by atoms with E-state index in [1.54, 1.807) is 11.3 Å². The number of hydrogen-bond donors (Lipinski definition) is 1. The minimum absolute atomic E-state index is 0.0512. The highest BCUT2D eigenvalue weighted by Gasteiger charge is 2.44. The Morgan fingerprint density at radius 2 is 1.78 bits per heavy atom. The van der Waals surface area contributed by atoms with Crippen LogP contribution in [0.2, 0.25) is 0 Å². The molecule has 1 aliphatic carbocycles. The number of anilines is 1. The largest absolute Gasteiger partial charge is 0.416 e. The molecule has 2 atom stereocenters. The van der Waals surface area contributed by atoms with E-state index in [4.69, 9.17) is 5.73 Å². The zero-order chi connectivity index (χ0) is 26.5. The fourth-order valence-electron chi connectivity index (χ4n) is 5.45. The Balaban J connectivity index is 1.75. The number of aryl methyl sites for hydroxylation is 2. The van der Waals surface area contributed by atoms with E-state index in [0.717, 1.165) is 33.0 Å². The fourth-order valence-corrected chi connectivity index (χ4v) is 6.42. The number of rotatable bonds is 3. The molecule has 2 heterocycles. The smallest absolute Gasteiger partial charge is 0.384 e. The van der Waals surface area contributed by atoms with Crippen molar-refractivity contribution in [3.05, 3.63) is 110 Å². The van der Waals surface area contributed by atoms with E-state index in [2.05, 4.69) is 6.07 Å². The van der Waals surface area contributed by atoms with Gasteiger partial charge in [-0.1, -0.05) is 36.4 Å². The number of halogens is 3. The van der Waals surface area contributed by atoms with E-state index in [9.17, 15) is 23.2 Å². The molecule has 0 saturated carbocycles. The summed E-state index contributed by atoms with van der Waals surface area (Å²) < 4.78 is 40.8. The standard InChI is InChI=1S/C29H24F3N3OS/c1-16-11-22(17(2)37-16)26-23(15-33)28(34)35(21-10-6-9-20(14-21)29(30,31)32)24-12-19(13-25(36)27(24)26)18-7-4-3-5-8-18/h3-11,14,19,26H,12-13,34H2,1-2H3/t19-,26+/m0/s1. The number of nitrogens with two attached hydrogens (primary N) is 1. The Morgan fingerprint density at radius 3 is 2.41 bits per heavy atom. The number of carbonyl (C=O) groups is 1. The number of Topliss-reactive ketones (excluding diaryl/α,β-unsaturated/α-hetero) is 1.